The van der Waals surface area contributed by atoms with E-state index in [1.807, 2.05) is 6.92 Å². The molecule has 0 aromatic heterocycles. The van der Waals surface area contributed by atoms with Gasteiger partial charge in [0.2, 0.25) is 0 Å². The summed E-state index contributed by atoms with van der Waals surface area (Å²) in [5.41, 5.74) is 1.34. The van der Waals surface area contributed by atoms with Crippen LogP contribution in [0.1, 0.15) is 23.7 Å². The molecule has 0 fully saturated rings. The van der Waals surface area contributed by atoms with Gasteiger partial charge in [0.05, 0.1) is 12.2 Å². The van der Waals surface area contributed by atoms with Crippen molar-refractivity contribution in [3.8, 4) is 0 Å². The highest BCUT2D eigenvalue weighted by molar-refractivity contribution is 7.80. The number of carbonyl (C=O) groups is 1. The maximum atomic E-state index is 11.6. The zero-order valence-corrected chi connectivity index (χ0v) is 11.8. The van der Waals surface area contributed by atoms with E-state index in [2.05, 4.69) is 17.2 Å². The van der Waals surface area contributed by atoms with Gasteiger partial charge in [0, 0.05) is 12.2 Å². The number of hydrogen-bond acceptors (Lipinski definition) is 3. The van der Waals surface area contributed by atoms with Crippen LogP contribution in [0, 0.1) is 0 Å². The standard InChI is InChI=1S/C14H18N2O2S/c1-3-9-15-14(19)16-12-7-5-11(6-8-12)13(17)18-10-4-2/h3,5-8H,1,4,9-10H2,2H3,(H2,15,16,19). The molecular formula is C14H18N2O2S. The van der Waals surface area contributed by atoms with Crippen LogP contribution in [0.3, 0.4) is 0 Å². The van der Waals surface area contributed by atoms with Crippen molar-refractivity contribution in [1.29, 1.82) is 0 Å². The highest BCUT2D eigenvalue weighted by Gasteiger charge is 2.06. The number of hydrogen-bond donors (Lipinski definition) is 2. The summed E-state index contributed by atoms with van der Waals surface area (Å²) < 4.78 is 5.04. The number of carbonyl (C=O) groups excluding carboxylic acids is 1. The summed E-state index contributed by atoms with van der Waals surface area (Å²) >= 11 is 5.08. The highest BCUT2D eigenvalue weighted by Crippen LogP contribution is 2.10. The molecule has 0 aliphatic heterocycles. The van der Waals surface area contributed by atoms with Gasteiger partial charge >= 0.3 is 5.97 Å². The predicted molar refractivity (Wildman–Crippen MR) is 81.4 cm³/mol. The van der Waals surface area contributed by atoms with Crippen molar-refractivity contribution >= 4 is 29.0 Å². The Labute approximate surface area is 118 Å². The SMILES string of the molecule is C=CCNC(=S)Nc1ccc(C(=O)OCCC)cc1. The third-order valence-corrected chi connectivity index (χ3v) is 2.47. The second kappa shape index (κ2) is 8.26. The van der Waals surface area contributed by atoms with Gasteiger partial charge < -0.3 is 15.4 Å². The largest absolute Gasteiger partial charge is 0.462 e. The fourth-order valence-corrected chi connectivity index (χ4v) is 1.51. The molecule has 19 heavy (non-hydrogen) atoms. The lowest BCUT2D eigenvalue weighted by atomic mass is 10.2. The molecule has 1 rings (SSSR count). The van der Waals surface area contributed by atoms with Crippen molar-refractivity contribution in [3.05, 3.63) is 42.5 Å². The third kappa shape index (κ3) is 5.52. The lowest BCUT2D eigenvalue weighted by Crippen LogP contribution is -2.28. The monoisotopic (exact) mass is 278 g/mol. The molecule has 2 N–H and O–H groups in total. The first-order valence-corrected chi connectivity index (χ1v) is 6.51. The number of rotatable bonds is 6. The summed E-state index contributed by atoms with van der Waals surface area (Å²) in [4.78, 5) is 11.6. The number of esters is 1. The Morgan fingerprint density at radius 1 is 1.42 bits per heavy atom. The lowest BCUT2D eigenvalue weighted by Gasteiger charge is -2.09. The minimum absolute atomic E-state index is 0.305. The fraction of sp³-hybridized carbons (Fsp3) is 0.286. The first kappa shape index (κ1) is 15.2. The van der Waals surface area contributed by atoms with E-state index in [0.717, 1.165) is 12.1 Å². The Balaban J connectivity index is 2.53. The molecule has 0 aliphatic rings. The molecule has 0 radical (unpaired) electrons. The topological polar surface area (TPSA) is 50.4 Å². The van der Waals surface area contributed by atoms with Crippen LogP contribution in [0.25, 0.3) is 0 Å². The number of anilines is 1. The van der Waals surface area contributed by atoms with E-state index in [1.54, 1.807) is 30.3 Å². The summed E-state index contributed by atoms with van der Waals surface area (Å²) in [7, 11) is 0. The maximum Gasteiger partial charge on any atom is 0.338 e. The summed E-state index contributed by atoms with van der Waals surface area (Å²) in [6.07, 6.45) is 2.54. The molecule has 0 spiro atoms. The smallest absolute Gasteiger partial charge is 0.338 e. The summed E-state index contributed by atoms with van der Waals surface area (Å²) in [6, 6.07) is 6.97. The molecule has 5 heteroatoms. The highest BCUT2D eigenvalue weighted by atomic mass is 32.1. The molecule has 0 unspecified atom stereocenters. The van der Waals surface area contributed by atoms with Crippen LogP contribution in [0.2, 0.25) is 0 Å². The van der Waals surface area contributed by atoms with Crippen molar-refractivity contribution in [2.45, 2.75) is 13.3 Å². The van der Waals surface area contributed by atoms with Crippen LogP contribution < -0.4 is 10.6 Å². The van der Waals surface area contributed by atoms with Gasteiger partial charge in [-0.05, 0) is 42.9 Å². The molecule has 1 aromatic rings. The van der Waals surface area contributed by atoms with Gasteiger partial charge in [-0.25, -0.2) is 4.79 Å². The number of ether oxygens (including phenoxy) is 1. The molecule has 0 aliphatic carbocycles. The summed E-state index contributed by atoms with van der Waals surface area (Å²) in [5, 5.41) is 6.48. The molecular weight excluding hydrogens is 260 g/mol. The second-order valence-corrected chi connectivity index (χ2v) is 4.25. The maximum absolute atomic E-state index is 11.6. The molecule has 4 nitrogen and oxygen atoms in total. The van der Waals surface area contributed by atoms with Crippen LogP contribution in [-0.4, -0.2) is 24.2 Å². The number of nitrogens with one attached hydrogen (secondary N) is 2. The predicted octanol–water partition coefficient (Wildman–Crippen LogP) is 2.73. The molecule has 1 aromatic carbocycles. The van der Waals surface area contributed by atoms with Crippen molar-refractivity contribution in [2.75, 3.05) is 18.5 Å². The van der Waals surface area contributed by atoms with E-state index in [0.29, 0.717) is 23.8 Å². The average Bonchev–Trinajstić information content (AvgIpc) is 2.43. The van der Waals surface area contributed by atoms with Crippen molar-refractivity contribution in [3.63, 3.8) is 0 Å². The zero-order chi connectivity index (χ0) is 14.1. The van der Waals surface area contributed by atoms with Gasteiger partial charge in [0.25, 0.3) is 0 Å². The zero-order valence-electron chi connectivity index (χ0n) is 10.9. The second-order valence-electron chi connectivity index (χ2n) is 3.84. The fourth-order valence-electron chi connectivity index (χ4n) is 1.31. The van der Waals surface area contributed by atoms with Crippen molar-refractivity contribution < 1.29 is 9.53 Å². The molecule has 0 heterocycles. The first-order valence-electron chi connectivity index (χ1n) is 6.10. The number of thiocarbonyl (C=S) groups is 1. The van der Waals surface area contributed by atoms with Gasteiger partial charge in [0.15, 0.2) is 5.11 Å². The van der Waals surface area contributed by atoms with E-state index in [-0.39, 0.29) is 5.97 Å². The first-order chi connectivity index (χ1) is 9.17. The van der Waals surface area contributed by atoms with Crippen LogP contribution in [0.4, 0.5) is 5.69 Å². The molecule has 0 saturated carbocycles. The van der Waals surface area contributed by atoms with Crippen LogP contribution in [0.5, 0.6) is 0 Å². The van der Waals surface area contributed by atoms with E-state index in [4.69, 9.17) is 17.0 Å². The van der Waals surface area contributed by atoms with E-state index < -0.39 is 0 Å². The Kier molecular flexibility index (Phi) is 6.60. The Bertz CT molecular complexity index is 443. The molecule has 0 bridgehead atoms. The average molecular weight is 278 g/mol. The summed E-state index contributed by atoms with van der Waals surface area (Å²) in [6.45, 7) is 6.59. The summed E-state index contributed by atoms with van der Waals surface area (Å²) in [5.74, 6) is -0.305. The van der Waals surface area contributed by atoms with Gasteiger partial charge in [-0.15, -0.1) is 6.58 Å². The Hall–Kier alpha value is -1.88. The lowest BCUT2D eigenvalue weighted by molar-refractivity contribution is 0.0505. The van der Waals surface area contributed by atoms with Crippen LogP contribution in [-0.2, 0) is 4.74 Å². The number of benzene rings is 1. The molecule has 0 amide bonds. The van der Waals surface area contributed by atoms with E-state index >= 15 is 0 Å². The third-order valence-electron chi connectivity index (χ3n) is 2.22. The van der Waals surface area contributed by atoms with Gasteiger partial charge in [-0.3, -0.25) is 0 Å². The quantitative estimate of drug-likeness (QED) is 0.476. The van der Waals surface area contributed by atoms with Crippen molar-refractivity contribution in [1.82, 2.24) is 5.32 Å². The van der Waals surface area contributed by atoms with Gasteiger partial charge in [0.1, 0.15) is 0 Å². The van der Waals surface area contributed by atoms with Crippen LogP contribution >= 0.6 is 12.2 Å². The minimum Gasteiger partial charge on any atom is -0.462 e. The molecule has 102 valence electrons. The Morgan fingerprint density at radius 2 is 2.11 bits per heavy atom. The van der Waals surface area contributed by atoms with Crippen LogP contribution in [0.15, 0.2) is 36.9 Å². The van der Waals surface area contributed by atoms with Crippen molar-refractivity contribution in [2.24, 2.45) is 0 Å². The van der Waals surface area contributed by atoms with E-state index in [9.17, 15) is 4.79 Å². The van der Waals surface area contributed by atoms with Gasteiger partial charge in [-0.2, -0.15) is 0 Å². The van der Waals surface area contributed by atoms with Gasteiger partial charge in [-0.1, -0.05) is 13.0 Å². The molecule has 0 atom stereocenters. The molecule has 0 saturated heterocycles. The van der Waals surface area contributed by atoms with E-state index in [1.165, 1.54) is 0 Å². The Morgan fingerprint density at radius 3 is 2.68 bits per heavy atom. The minimum atomic E-state index is -0.305. The normalized spacial score (nSPS) is 9.53.